The normalized spacial score (nSPS) is 35.6. The van der Waals surface area contributed by atoms with Gasteiger partial charge in [0.05, 0.1) is 5.60 Å². The number of rotatable bonds is 3. The minimum absolute atomic E-state index is 0.388. The predicted molar refractivity (Wildman–Crippen MR) is 62.8 cm³/mol. The fourth-order valence-electron chi connectivity index (χ4n) is 3.16. The summed E-state index contributed by atoms with van der Waals surface area (Å²) in [4.78, 5) is 0. The zero-order valence-corrected chi connectivity index (χ0v) is 9.97. The van der Waals surface area contributed by atoms with Crippen LogP contribution < -0.4 is 5.32 Å². The molecule has 0 bridgehead atoms. The van der Waals surface area contributed by atoms with Crippen molar-refractivity contribution in [3.05, 3.63) is 0 Å². The van der Waals surface area contributed by atoms with Crippen LogP contribution in [0.2, 0.25) is 0 Å². The fourth-order valence-corrected chi connectivity index (χ4v) is 3.16. The summed E-state index contributed by atoms with van der Waals surface area (Å²) >= 11 is 0. The first kappa shape index (κ1) is 11.4. The summed E-state index contributed by atoms with van der Waals surface area (Å²) in [5.74, 6) is 0.803. The van der Waals surface area contributed by atoms with E-state index < -0.39 is 0 Å². The third-order valence-corrected chi connectivity index (χ3v) is 4.34. The van der Waals surface area contributed by atoms with Crippen molar-refractivity contribution in [3.63, 3.8) is 0 Å². The lowest BCUT2D eigenvalue weighted by Crippen LogP contribution is -2.46. The van der Waals surface area contributed by atoms with Gasteiger partial charge in [-0.15, -0.1) is 0 Å². The lowest BCUT2D eigenvalue weighted by atomic mass is 9.84. The Kier molecular flexibility index (Phi) is 3.68. The summed E-state index contributed by atoms with van der Waals surface area (Å²) < 4.78 is 0. The van der Waals surface area contributed by atoms with E-state index in [1.54, 1.807) is 0 Å². The van der Waals surface area contributed by atoms with Crippen molar-refractivity contribution in [1.29, 1.82) is 0 Å². The van der Waals surface area contributed by atoms with Crippen molar-refractivity contribution < 1.29 is 5.11 Å². The maximum Gasteiger partial charge on any atom is 0.0771 e. The van der Waals surface area contributed by atoms with Gasteiger partial charge in [0.2, 0.25) is 0 Å². The quantitative estimate of drug-likeness (QED) is 0.751. The molecule has 2 rings (SSSR count). The molecule has 0 aromatic rings. The molecule has 2 aliphatic carbocycles. The van der Waals surface area contributed by atoms with Gasteiger partial charge in [-0.25, -0.2) is 0 Å². The second-order valence-electron chi connectivity index (χ2n) is 5.68. The molecule has 0 aromatic heterocycles. The second kappa shape index (κ2) is 4.84. The lowest BCUT2D eigenvalue weighted by molar-refractivity contribution is 0.00187. The van der Waals surface area contributed by atoms with E-state index in [2.05, 4.69) is 12.2 Å². The molecular formula is C13H25NO. The van der Waals surface area contributed by atoms with Crippen LogP contribution in [0.4, 0.5) is 0 Å². The van der Waals surface area contributed by atoms with Crippen molar-refractivity contribution in [2.45, 2.75) is 69.9 Å². The zero-order chi connectivity index (χ0) is 10.7. The molecule has 2 N–H and O–H groups in total. The van der Waals surface area contributed by atoms with E-state index in [0.717, 1.165) is 25.3 Å². The number of hydrogen-bond acceptors (Lipinski definition) is 2. The molecule has 15 heavy (non-hydrogen) atoms. The molecule has 2 aliphatic rings. The van der Waals surface area contributed by atoms with Gasteiger partial charge in [-0.2, -0.15) is 0 Å². The summed E-state index contributed by atoms with van der Waals surface area (Å²) in [6.45, 7) is 3.15. The van der Waals surface area contributed by atoms with Crippen molar-refractivity contribution in [2.75, 3.05) is 6.54 Å². The molecule has 0 aliphatic heterocycles. The Morgan fingerprint density at radius 2 is 1.87 bits per heavy atom. The Bertz CT molecular complexity index is 199. The highest BCUT2D eigenvalue weighted by Crippen LogP contribution is 2.29. The average Bonchev–Trinajstić information content (AvgIpc) is 2.62. The van der Waals surface area contributed by atoms with Crippen LogP contribution >= 0.6 is 0 Å². The molecule has 2 atom stereocenters. The van der Waals surface area contributed by atoms with Gasteiger partial charge in [-0.3, -0.25) is 0 Å². The number of hydrogen-bond donors (Lipinski definition) is 2. The van der Waals surface area contributed by atoms with Crippen LogP contribution in [-0.2, 0) is 0 Å². The van der Waals surface area contributed by atoms with Gasteiger partial charge in [0.25, 0.3) is 0 Å². The molecule has 2 fully saturated rings. The van der Waals surface area contributed by atoms with E-state index in [9.17, 15) is 5.11 Å². The monoisotopic (exact) mass is 211 g/mol. The summed E-state index contributed by atoms with van der Waals surface area (Å²) in [5.41, 5.74) is -0.388. The van der Waals surface area contributed by atoms with E-state index in [1.807, 2.05) is 0 Å². The van der Waals surface area contributed by atoms with Crippen molar-refractivity contribution in [1.82, 2.24) is 5.32 Å². The SMILES string of the molecule is C[C@@H]1CCC[C@@H]1NCC1(O)CCCCC1. The molecule has 88 valence electrons. The van der Waals surface area contributed by atoms with Crippen LogP contribution in [-0.4, -0.2) is 23.3 Å². The highest BCUT2D eigenvalue weighted by atomic mass is 16.3. The van der Waals surface area contributed by atoms with Crippen LogP contribution in [0.15, 0.2) is 0 Å². The Hall–Kier alpha value is -0.0800. The van der Waals surface area contributed by atoms with Gasteiger partial charge in [0.1, 0.15) is 0 Å². The van der Waals surface area contributed by atoms with Gasteiger partial charge in [-0.05, 0) is 31.6 Å². The zero-order valence-electron chi connectivity index (χ0n) is 9.97. The molecular weight excluding hydrogens is 186 g/mol. The molecule has 0 heterocycles. The van der Waals surface area contributed by atoms with Crippen LogP contribution in [0.1, 0.15) is 58.3 Å². The smallest absolute Gasteiger partial charge is 0.0771 e. The van der Waals surface area contributed by atoms with Crippen molar-refractivity contribution >= 4 is 0 Å². The maximum atomic E-state index is 10.4. The average molecular weight is 211 g/mol. The first-order chi connectivity index (χ1) is 7.20. The van der Waals surface area contributed by atoms with Gasteiger partial charge in [0, 0.05) is 12.6 Å². The van der Waals surface area contributed by atoms with Gasteiger partial charge >= 0.3 is 0 Å². The van der Waals surface area contributed by atoms with Crippen LogP contribution in [0.25, 0.3) is 0 Å². The second-order valence-corrected chi connectivity index (χ2v) is 5.68. The van der Waals surface area contributed by atoms with Crippen LogP contribution in [0.5, 0.6) is 0 Å². The molecule has 0 aromatic carbocycles. The van der Waals surface area contributed by atoms with Gasteiger partial charge in [-0.1, -0.05) is 32.6 Å². The van der Waals surface area contributed by atoms with Gasteiger partial charge in [0.15, 0.2) is 0 Å². The maximum absolute atomic E-state index is 10.4. The first-order valence-corrected chi connectivity index (χ1v) is 6.65. The molecule has 0 radical (unpaired) electrons. The minimum atomic E-state index is -0.388. The first-order valence-electron chi connectivity index (χ1n) is 6.65. The molecule has 0 saturated heterocycles. The standard InChI is InChI=1S/C13H25NO/c1-11-6-5-7-12(11)14-10-13(15)8-3-2-4-9-13/h11-12,14-15H,2-10H2,1H3/t11-,12+/m1/s1. The summed E-state index contributed by atoms with van der Waals surface area (Å²) in [6, 6.07) is 0.663. The Morgan fingerprint density at radius 3 is 2.47 bits per heavy atom. The molecule has 2 nitrogen and oxygen atoms in total. The fraction of sp³-hybridized carbons (Fsp3) is 1.00. The largest absolute Gasteiger partial charge is 0.389 e. The highest BCUT2D eigenvalue weighted by molar-refractivity contribution is 4.88. The van der Waals surface area contributed by atoms with Crippen molar-refractivity contribution in [2.24, 2.45) is 5.92 Å². The predicted octanol–water partition coefficient (Wildman–Crippen LogP) is 2.46. The summed E-state index contributed by atoms with van der Waals surface area (Å²) in [7, 11) is 0. The lowest BCUT2D eigenvalue weighted by Gasteiger charge is -2.34. The molecule has 2 saturated carbocycles. The number of aliphatic hydroxyl groups is 1. The summed E-state index contributed by atoms with van der Waals surface area (Å²) in [5, 5.41) is 13.9. The van der Waals surface area contributed by atoms with E-state index in [4.69, 9.17) is 0 Å². The third kappa shape index (κ3) is 2.94. The van der Waals surface area contributed by atoms with Crippen molar-refractivity contribution in [3.8, 4) is 0 Å². The van der Waals surface area contributed by atoms with E-state index in [-0.39, 0.29) is 5.60 Å². The minimum Gasteiger partial charge on any atom is -0.389 e. The van der Waals surface area contributed by atoms with Crippen LogP contribution in [0.3, 0.4) is 0 Å². The Balaban J connectivity index is 1.76. The number of nitrogens with one attached hydrogen (secondary N) is 1. The molecule has 0 amide bonds. The molecule has 2 heteroatoms. The summed E-state index contributed by atoms with van der Waals surface area (Å²) in [6.07, 6.45) is 9.74. The van der Waals surface area contributed by atoms with Gasteiger partial charge < -0.3 is 10.4 Å². The van der Waals surface area contributed by atoms with Crippen LogP contribution in [0, 0.1) is 5.92 Å². The van der Waals surface area contributed by atoms with E-state index in [1.165, 1.54) is 38.5 Å². The molecule has 0 unspecified atom stereocenters. The molecule has 0 spiro atoms. The topological polar surface area (TPSA) is 32.3 Å². The Labute approximate surface area is 93.5 Å². The third-order valence-electron chi connectivity index (χ3n) is 4.34. The van der Waals surface area contributed by atoms with E-state index in [0.29, 0.717) is 6.04 Å². The van der Waals surface area contributed by atoms with E-state index >= 15 is 0 Å². The highest BCUT2D eigenvalue weighted by Gasteiger charge is 2.31. The Morgan fingerprint density at radius 1 is 1.13 bits per heavy atom.